The Morgan fingerprint density at radius 2 is 1.92 bits per heavy atom. The fraction of sp³-hybridized carbons (Fsp3) is 0.684. The number of carbonyl (C=O) groups excluding carboxylic acids is 1. The van der Waals surface area contributed by atoms with E-state index in [4.69, 9.17) is 4.74 Å². The Balaban J connectivity index is 1.48. The number of carbonyl (C=O) groups is 1. The molecule has 0 saturated carbocycles. The molecule has 3 heterocycles. The number of nitrogens with zero attached hydrogens (tertiary/aromatic N) is 1. The topological polar surface area (TPSA) is 74.4 Å². The molecule has 2 fully saturated rings. The molecule has 2 N–H and O–H groups in total. The molecule has 2 saturated heterocycles. The van der Waals surface area contributed by atoms with Crippen LogP contribution in [-0.4, -0.2) is 48.1 Å². The minimum absolute atomic E-state index is 0.0489. The maximum atomic E-state index is 12.5. The minimum atomic E-state index is 0.0489. The van der Waals surface area contributed by atoms with Gasteiger partial charge in [0.25, 0.3) is 0 Å². The van der Waals surface area contributed by atoms with Gasteiger partial charge in [-0.25, -0.2) is 0 Å². The Morgan fingerprint density at radius 1 is 1.24 bits per heavy atom. The fourth-order valence-corrected chi connectivity index (χ4v) is 3.88. The van der Waals surface area contributed by atoms with E-state index in [0.717, 1.165) is 57.7 Å². The van der Waals surface area contributed by atoms with Gasteiger partial charge in [0.05, 0.1) is 6.54 Å². The summed E-state index contributed by atoms with van der Waals surface area (Å²) in [4.78, 5) is 30.1. The largest absolute Gasteiger partial charge is 0.381 e. The van der Waals surface area contributed by atoms with Crippen LogP contribution in [0.4, 0.5) is 0 Å². The van der Waals surface area contributed by atoms with Crippen LogP contribution in [0.25, 0.3) is 0 Å². The molecule has 0 radical (unpaired) electrons. The van der Waals surface area contributed by atoms with Gasteiger partial charge in [0.15, 0.2) is 5.43 Å². The molecule has 138 valence electrons. The first-order chi connectivity index (χ1) is 12.1. The van der Waals surface area contributed by atoms with Crippen molar-refractivity contribution in [1.29, 1.82) is 0 Å². The number of likely N-dealkylation sites (tertiary alicyclic amines) is 1. The van der Waals surface area contributed by atoms with Crippen LogP contribution < -0.4 is 10.7 Å². The number of piperidine rings is 1. The van der Waals surface area contributed by atoms with Crippen molar-refractivity contribution in [1.82, 2.24) is 15.2 Å². The van der Waals surface area contributed by atoms with Crippen LogP contribution in [0.3, 0.4) is 0 Å². The molecular weight excluding hydrogens is 318 g/mol. The molecule has 0 bridgehead atoms. The van der Waals surface area contributed by atoms with Crippen LogP contribution in [0.1, 0.15) is 42.5 Å². The van der Waals surface area contributed by atoms with Crippen LogP contribution in [0.15, 0.2) is 11.0 Å². The molecule has 6 nitrogen and oxygen atoms in total. The average Bonchev–Trinajstić information content (AvgIpc) is 2.66. The van der Waals surface area contributed by atoms with Crippen LogP contribution in [0.2, 0.25) is 0 Å². The molecule has 0 aliphatic carbocycles. The highest BCUT2D eigenvalue weighted by molar-refractivity contribution is 5.78. The van der Waals surface area contributed by atoms with Gasteiger partial charge in [-0.1, -0.05) is 0 Å². The Kier molecular flexibility index (Phi) is 5.91. The Hall–Kier alpha value is -1.66. The maximum absolute atomic E-state index is 12.5. The van der Waals surface area contributed by atoms with E-state index in [1.165, 1.54) is 0 Å². The Morgan fingerprint density at radius 3 is 2.60 bits per heavy atom. The average molecular weight is 347 g/mol. The third-order valence-corrected chi connectivity index (χ3v) is 5.66. The first kappa shape index (κ1) is 18.1. The van der Waals surface area contributed by atoms with Gasteiger partial charge >= 0.3 is 0 Å². The van der Waals surface area contributed by atoms with Crippen molar-refractivity contribution in [3.63, 3.8) is 0 Å². The third kappa shape index (κ3) is 4.30. The predicted molar refractivity (Wildman–Crippen MR) is 96.5 cm³/mol. The normalized spacial score (nSPS) is 20.6. The van der Waals surface area contributed by atoms with E-state index in [1.54, 1.807) is 20.0 Å². The van der Waals surface area contributed by atoms with E-state index in [-0.39, 0.29) is 17.3 Å². The lowest BCUT2D eigenvalue weighted by atomic mass is 9.93. The number of H-pyrrole nitrogens is 1. The Bertz CT molecular complexity index is 656. The number of aryl methyl sites for hydroxylation is 1. The van der Waals surface area contributed by atoms with E-state index in [0.29, 0.717) is 23.7 Å². The van der Waals surface area contributed by atoms with Crippen LogP contribution in [0, 0.1) is 19.8 Å². The second-order valence-corrected chi connectivity index (χ2v) is 7.28. The molecule has 25 heavy (non-hydrogen) atoms. The highest BCUT2D eigenvalue weighted by atomic mass is 16.5. The molecule has 1 aromatic rings. The van der Waals surface area contributed by atoms with Gasteiger partial charge in [-0.3, -0.25) is 9.59 Å². The van der Waals surface area contributed by atoms with Gasteiger partial charge in [0.2, 0.25) is 5.91 Å². The lowest BCUT2D eigenvalue weighted by molar-refractivity contribution is -0.127. The van der Waals surface area contributed by atoms with E-state index in [1.807, 2.05) is 0 Å². The molecule has 0 atom stereocenters. The summed E-state index contributed by atoms with van der Waals surface area (Å²) in [5.41, 5.74) is 2.24. The van der Waals surface area contributed by atoms with Gasteiger partial charge in [-0.05, 0) is 52.6 Å². The van der Waals surface area contributed by atoms with Crippen LogP contribution >= 0.6 is 0 Å². The van der Waals surface area contributed by atoms with Gasteiger partial charge in [0.1, 0.15) is 0 Å². The zero-order chi connectivity index (χ0) is 17.8. The van der Waals surface area contributed by atoms with Crippen LogP contribution in [-0.2, 0) is 16.1 Å². The summed E-state index contributed by atoms with van der Waals surface area (Å²) < 4.78 is 5.43. The number of nitrogens with one attached hydrogen (secondary N) is 2. The number of hydrogen-bond donors (Lipinski definition) is 2. The molecule has 2 aliphatic rings. The van der Waals surface area contributed by atoms with Crippen molar-refractivity contribution in [2.45, 2.75) is 52.1 Å². The number of hydrogen-bond acceptors (Lipinski definition) is 4. The van der Waals surface area contributed by atoms with Crippen molar-refractivity contribution in [3.05, 3.63) is 33.2 Å². The van der Waals surface area contributed by atoms with E-state index >= 15 is 0 Å². The molecule has 0 unspecified atom stereocenters. The third-order valence-electron chi connectivity index (χ3n) is 5.66. The van der Waals surface area contributed by atoms with Crippen molar-refractivity contribution in [2.75, 3.05) is 26.3 Å². The first-order valence-electron chi connectivity index (χ1n) is 9.33. The summed E-state index contributed by atoms with van der Waals surface area (Å²) in [6.07, 6.45) is 5.75. The number of pyridine rings is 1. The standard InChI is InChI=1S/C19H29N3O3/c1-13-11-20-17(14(2)18(13)23)12-21-19(24)15-3-7-22(8-4-15)16-5-9-25-10-6-16/h11,15-16H,3-10,12H2,1-2H3,(H,20,23)(H,21,24). The number of amides is 1. The quantitative estimate of drug-likeness (QED) is 0.866. The maximum Gasteiger partial charge on any atom is 0.223 e. The van der Waals surface area contributed by atoms with Gasteiger partial charge in [0, 0.05) is 48.2 Å². The number of aromatic amines is 1. The van der Waals surface area contributed by atoms with Gasteiger partial charge in [-0.2, -0.15) is 0 Å². The van der Waals surface area contributed by atoms with E-state index in [9.17, 15) is 9.59 Å². The van der Waals surface area contributed by atoms with E-state index < -0.39 is 0 Å². The van der Waals surface area contributed by atoms with Crippen LogP contribution in [0.5, 0.6) is 0 Å². The summed E-state index contributed by atoms with van der Waals surface area (Å²) in [5, 5.41) is 3.00. The molecule has 3 rings (SSSR count). The molecular formula is C19H29N3O3. The van der Waals surface area contributed by atoms with Gasteiger partial charge < -0.3 is 19.9 Å². The second-order valence-electron chi connectivity index (χ2n) is 7.28. The molecule has 2 aliphatic heterocycles. The van der Waals surface area contributed by atoms with Crippen molar-refractivity contribution < 1.29 is 9.53 Å². The summed E-state index contributed by atoms with van der Waals surface area (Å²) in [5.74, 6) is 0.181. The second kappa shape index (κ2) is 8.15. The molecule has 6 heteroatoms. The number of rotatable bonds is 4. The lowest BCUT2D eigenvalue weighted by Crippen LogP contribution is -2.46. The highest BCUT2D eigenvalue weighted by Gasteiger charge is 2.29. The van der Waals surface area contributed by atoms with Crippen molar-refractivity contribution >= 4 is 5.91 Å². The zero-order valence-electron chi connectivity index (χ0n) is 15.3. The summed E-state index contributed by atoms with van der Waals surface area (Å²) in [7, 11) is 0. The minimum Gasteiger partial charge on any atom is -0.381 e. The molecule has 1 amide bonds. The predicted octanol–water partition coefficient (Wildman–Crippen LogP) is 1.50. The lowest BCUT2D eigenvalue weighted by Gasteiger charge is -2.38. The summed E-state index contributed by atoms with van der Waals surface area (Å²) in [6, 6.07) is 0.623. The smallest absolute Gasteiger partial charge is 0.223 e. The SMILES string of the molecule is Cc1c[nH]c(CNC(=O)C2CCN(C3CCOCC3)CC2)c(C)c1=O. The molecule has 0 spiro atoms. The number of aromatic nitrogens is 1. The highest BCUT2D eigenvalue weighted by Crippen LogP contribution is 2.23. The monoisotopic (exact) mass is 347 g/mol. The number of ether oxygens (including phenoxy) is 1. The first-order valence-corrected chi connectivity index (χ1v) is 9.33. The Labute approximate surface area is 148 Å². The fourth-order valence-electron chi connectivity index (χ4n) is 3.88. The molecule has 1 aromatic heterocycles. The van der Waals surface area contributed by atoms with Crippen molar-refractivity contribution in [3.8, 4) is 0 Å². The summed E-state index contributed by atoms with van der Waals surface area (Å²) in [6.45, 7) is 7.69. The summed E-state index contributed by atoms with van der Waals surface area (Å²) >= 11 is 0. The molecule has 0 aromatic carbocycles. The van der Waals surface area contributed by atoms with Crippen molar-refractivity contribution in [2.24, 2.45) is 5.92 Å². The van der Waals surface area contributed by atoms with Gasteiger partial charge in [-0.15, -0.1) is 0 Å². The van der Waals surface area contributed by atoms with E-state index in [2.05, 4.69) is 15.2 Å². The zero-order valence-corrected chi connectivity index (χ0v) is 15.3.